The summed E-state index contributed by atoms with van der Waals surface area (Å²) in [4.78, 5) is 72.1. The molecule has 6 aliphatic heterocycles. The minimum absolute atomic E-state index is 0.213. The van der Waals surface area contributed by atoms with Crippen LogP contribution >= 0.6 is 0 Å². The molecule has 24 heteroatoms. The molecule has 3 saturated heterocycles. The van der Waals surface area contributed by atoms with Crippen LogP contribution in [0.4, 0.5) is 48.9 Å². The number of morpholine rings is 3. The number of aromatic nitrogens is 6. The zero-order valence-corrected chi connectivity index (χ0v) is 56.9. The quantitative estimate of drug-likeness (QED) is 0.0437. The number of nitrogens with zero attached hydrogens (tertiary/aromatic N) is 9. The number of anilines is 6. The van der Waals surface area contributed by atoms with Gasteiger partial charge in [-0.1, -0.05) is 18.2 Å². The highest BCUT2D eigenvalue weighted by molar-refractivity contribution is 5.91. The Morgan fingerprint density at radius 2 is 0.708 bits per heavy atom. The van der Waals surface area contributed by atoms with Crippen LogP contribution in [0.1, 0.15) is 115 Å². The van der Waals surface area contributed by atoms with Gasteiger partial charge in [-0.05, 0) is 154 Å². The van der Waals surface area contributed by atoms with Gasteiger partial charge in [-0.2, -0.15) is 0 Å². The summed E-state index contributed by atoms with van der Waals surface area (Å²) in [6, 6.07) is 22.7. The highest BCUT2D eigenvalue weighted by atomic mass is 16.5. The molecule has 510 valence electrons. The lowest BCUT2D eigenvalue weighted by molar-refractivity contribution is -0.0230. The van der Waals surface area contributed by atoms with Crippen molar-refractivity contribution < 1.29 is 42.8 Å². The lowest BCUT2D eigenvalue weighted by atomic mass is 9.96. The van der Waals surface area contributed by atoms with Crippen LogP contribution in [0.15, 0.2) is 111 Å². The fourth-order valence-electron chi connectivity index (χ4n) is 12.7. The Kier molecular flexibility index (Phi) is 22.8. The van der Waals surface area contributed by atoms with Gasteiger partial charge in [-0.25, -0.2) is 44.3 Å². The Balaban J connectivity index is 0.000000157. The highest BCUT2D eigenvalue weighted by Gasteiger charge is 2.44. The first-order valence-electron chi connectivity index (χ1n) is 33.3. The SMILES string of the molecule is C=CCC1(C)OCc2c(N3CCOC[C@@H]3C)nc(-c3ccc(NC(=O)NCC)cc3)nc21.C=CC[C@@]1(C)OCc2c(N3CCOC[C@@H]3C)nc(-c3ccc(NC(=O)NCC)cc3)nc21.C=CC[C@]1(C)OCc2c(N3CCOC[C@@H]3C)nc(-c3ccc(NC(=O)NCC)cc3)nc21. The molecule has 0 radical (unpaired) electrons. The molecule has 3 aromatic heterocycles. The van der Waals surface area contributed by atoms with E-state index in [1.165, 1.54) is 0 Å². The van der Waals surface area contributed by atoms with E-state index in [-0.39, 0.29) is 36.2 Å². The summed E-state index contributed by atoms with van der Waals surface area (Å²) >= 11 is 0. The molecule has 9 heterocycles. The van der Waals surface area contributed by atoms with Crippen molar-refractivity contribution in [1.29, 1.82) is 0 Å². The molecule has 6 atom stereocenters. The number of urea groups is 3. The molecule has 0 saturated carbocycles. The van der Waals surface area contributed by atoms with Crippen molar-refractivity contribution in [2.24, 2.45) is 0 Å². The molecule has 6 aromatic rings. The second-order valence-electron chi connectivity index (χ2n) is 25.2. The third kappa shape index (κ3) is 15.8. The first-order chi connectivity index (χ1) is 46.3. The number of carbonyl (C=O) groups excluding carboxylic acids is 3. The molecule has 6 N–H and O–H groups in total. The summed E-state index contributed by atoms with van der Waals surface area (Å²) in [5.74, 6) is 4.67. The average molecular weight is 1310 g/mol. The third-order valence-corrected chi connectivity index (χ3v) is 17.8. The van der Waals surface area contributed by atoms with Crippen molar-refractivity contribution in [3.8, 4) is 34.2 Å². The molecule has 1 unspecified atom stereocenters. The topological polar surface area (TPSA) is 266 Å². The van der Waals surface area contributed by atoms with Crippen LogP contribution in [-0.4, -0.2) is 145 Å². The van der Waals surface area contributed by atoms with Gasteiger partial charge in [0.1, 0.15) is 34.3 Å². The predicted molar refractivity (Wildman–Crippen MR) is 374 cm³/mol. The van der Waals surface area contributed by atoms with Gasteiger partial charge in [-0.15, -0.1) is 19.7 Å². The fraction of sp³-hybridized carbons (Fsp3) is 0.458. The molecular formula is C72H93N15O9. The minimum atomic E-state index is -0.529. The summed E-state index contributed by atoms with van der Waals surface area (Å²) in [5, 5.41) is 16.6. The van der Waals surface area contributed by atoms with Crippen molar-refractivity contribution in [3.05, 3.63) is 145 Å². The van der Waals surface area contributed by atoms with E-state index in [1.54, 1.807) is 0 Å². The van der Waals surface area contributed by atoms with Crippen molar-refractivity contribution in [3.63, 3.8) is 0 Å². The van der Waals surface area contributed by atoms with Crippen LogP contribution < -0.4 is 46.6 Å². The number of carbonyl (C=O) groups is 3. The van der Waals surface area contributed by atoms with Crippen LogP contribution in [0.3, 0.4) is 0 Å². The second-order valence-corrected chi connectivity index (χ2v) is 25.2. The fourth-order valence-corrected chi connectivity index (χ4v) is 12.7. The zero-order valence-electron chi connectivity index (χ0n) is 56.9. The van der Waals surface area contributed by atoms with Crippen molar-refractivity contribution in [2.45, 2.75) is 136 Å². The van der Waals surface area contributed by atoms with Gasteiger partial charge < -0.3 is 75.0 Å². The molecule has 24 nitrogen and oxygen atoms in total. The zero-order chi connectivity index (χ0) is 68.2. The monoisotopic (exact) mass is 1310 g/mol. The first-order valence-corrected chi connectivity index (χ1v) is 33.3. The maximum atomic E-state index is 11.8. The van der Waals surface area contributed by atoms with E-state index in [2.05, 4.69) is 108 Å². The molecule has 96 heavy (non-hydrogen) atoms. The van der Waals surface area contributed by atoms with Gasteiger partial charge in [0.05, 0.1) is 94.7 Å². The summed E-state index contributed by atoms with van der Waals surface area (Å²) in [7, 11) is 0. The van der Waals surface area contributed by atoms with Crippen LogP contribution in [0.25, 0.3) is 34.2 Å². The number of hydrogen-bond acceptors (Lipinski definition) is 18. The number of fused-ring (bicyclic) bond motifs is 3. The molecule has 0 spiro atoms. The van der Waals surface area contributed by atoms with E-state index in [0.717, 1.165) is 87.6 Å². The summed E-state index contributed by atoms with van der Waals surface area (Å²) in [5.41, 5.74) is 9.06. The van der Waals surface area contributed by atoms with Crippen molar-refractivity contribution in [1.82, 2.24) is 45.9 Å². The van der Waals surface area contributed by atoms with Crippen LogP contribution in [0.2, 0.25) is 0 Å². The number of amides is 6. The van der Waals surface area contributed by atoms with Crippen LogP contribution in [0.5, 0.6) is 0 Å². The molecule has 0 bridgehead atoms. The number of rotatable bonds is 18. The Morgan fingerprint density at radius 1 is 0.448 bits per heavy atom. The smallest absolute Gasteiger partial charge is 0.319 e. The molecule has 0 aliphatic carbocycles. The molecule has 12 rings (SSSR count). The van der Waals surface area contributed by atoms with E-state index in [9.17, 15) is 14.4 Å². The van der Waals surface area contributed by atoms with Crippen molar-refractivity contribution >= 4 is 52.6 Å². The Morgan fingerprint density at radius 3 is 0.938 bits per heavy atom. The minimum Gasteiger partial charge on any atom is -0.377 e. The molecular weight excluding hydrogens is 1220 g/mol. The largest absolute Gasteiger partial charge is 0.377 e. The molecule has 6 aliphatic rings. The molecule has 6 amide bonds. The van der Waals surface area contributed by atoms with Gasteiger partial charge in [0.15, 0.2) is 17.5 Å². The lowest BCUT2D eigenvalue weighted by Gasteiger charge is -2.35. The Bertz CT molecular complexity index is 3360. The van der Waals surface area contributed by atoms with Gasteiger partial charge in [0.2, 0.25) is 0 Å². The summed E-state index contributed by atoms with van der Waals surface area (Å²) in [6.45, 7) is 39.5. The predicted octanol–water partition coefficient (Wildman–Crippen LogP) is 11.5. The third-order valence-electron chi connectivity index (χ3n) is 17.8. The van der Waals surface area contributed by atoms with Gasteiger partial charge in [0, 0.05) is 89.7 Å². The molecule has 3 aromatic carbocycles. The second kappa shape index (κ2) is 31.3. The van der Waals surface area contributed by atoms with E-state index in [1.807, 2.05) is 112 Å². The van der Waals surface area contributed by atoms with Crippen LogP contribution in [0, 0.1) is 0 Å². The van der Waals surface area contributed by atoms with Gasteiger partial charge in [-0.3, -0.25) is 0 Å². The van der Waals surface area contributed by atoms with E-state index in [0.29, 0.717) is 133 Å². The van der Waals surface area contributed by atoms with Gasteiger partial charge in [0.25, 0.3) is 0 Å². The van der Waals surface area contributed by atoms with Crippen LogP contribution in [-0.2, 0) is 65.0 Å². The number of ether oxygens (including phenoxy) is 6. The molecule has 3 fully saturated rings. The number of hydrogen-bond donors (Lipinski definition) is 6. The average Bonchev–Trinajstić information content (AvgIpc) is 1.57. The maximum absolute atomic E-state index is 11.8. The maximum Gasteiger partial charge on any atom is 0.319 e. The highest BCUT2D eigenvalue weighted by Crippen LogP contribution is 2.46. The number of benzene rings is 3. The lowest BCUT2D eigenvalue weighted by Crippen LogP contribution is -2.44. The normalized spacial score (nSPS) is 22.3. The summed E-state index contributed by atoms with van der Waals surface area (Å²) < 4.78 is 35.5. The Hall–Kier alpha value is -8.91. The van der Waals surface area contributed by atoms with Gasteiger partial charge >= 0.3 is 18.1 Å². The van der Waals surface area contributed by atoms with Crippen molar-refractivity contribution in [2.75, 3.05) is 110 Å². The van der Waals surface area contributed by atoms with E-state index < -0.39 is 16.8 Å². The first kappa shape index (κ1) is 69.9. The summed E-state index contributed by atoms with van der Waals surface area (Å²) in [6.07, 6.45) is 7.62. The van der Waals surface area contributed by atoms with E-state index >= 15 is 0 Å². The van der Waals surface area contributed by atoms with E-state index in [4.69, 9.17) is 58.3 Å². The number of nitrogens with one attached hydrogen (secondary N) is 6. The Labute approximate surface area is 563 Å². The standard InChI is InChI=1S/3C24H31N5O3/c3*1-5-11-24(4)20-19(15-32-24)22(29-12-13-31-14-16(29)3)28-21(27-20)17-7-9-18(10-8-17)26-23(30)25-6-2/h3*5,7-10,16H,1,6,11-15H2,2-4H3,(H2,25,26,30)/t16-,24?;16-,24+;16-,24-/m000/s1.